The Morgan fingerprint density at radius 2 is 1.88 bits per heavy atom. The molecule has 0 aliphatic carbocycles. The number of piperazine rings is 1. The van der Waals surface area contributed by atoms with E-state index in [1.807, 2.05) is 4.90 Å². The summed E-state index contributed by atoms with van der Waals surface area (Å²) in [6.07, 6.45) is 3.43. The van der Waals surface area contributed by atoms with E-state index in [0.29, 0.717) is 5.91 Å². The molecule has 1 atom stereocenters. The number of nitrogens with one attached hydrogen (secondary N) is 1. The van der Waals surface area contributed by atoms with E-state index in [-0.39, 0.29) is 18.4 Å². The standard InChI is InChI=1S/C11H21N3O.ClH/c1-13-6-8-14(9-7-13)11(15)10-4-2-3-5-12-10;/h10,12H,2-9H2,1H3;1H. The summed E-state index contributed by atoms with van der Waals surface area (Å²) in [5, 5.41) is 3.32. The number of carbonyl (C=O) groups excluding carboxylic acids is 1. The number of halogens is 1. The van der Waals surface area contributed by atoms with E-state index in [1.54, 1.807) is 0 Å². The van der Waals surface area contributed by atoms with Crippen LogP contribution in [0, 0.1) is 0 Å². The summed E-state index contributed by atoms with van der Waals surface area (Å²) in [5.41, 5.74) is 0. The second kappa shape index (κ2) is 6.42. The van der Waals surface area contributed by atoms with E-state index in [2.05, 4.69) is 17.3 Å². The molecule has 2 rings (SSSR count). The van der Waals surface area contributed by atoms with Crippen molar-refractivity contribution in [1.29, 1.82) is 0 Å². The molecule has 0 radical (unpaired) electrons. The number of hydrogen-bond donors (Lipinski definition) is 1. The van der Waals surface area contributed by atoms with Crippen LogP contribution >= 0.6 is 12.4 Å². The van der Waals surface area contributed by atoms with Crippen molar-refractivity contribution in [3.05, 3.63) is 0 Å². The Labute approximate surface area is 104 Å². The molecule has 1 amide bonds. The predicted molar refractivity (Wildman–Crippen MR) is 67.0 cm³/mol. The molecule has 0 aromatic carbocycles. The molecule has 4 nitrogen and oxygen atoms in total. The number of likely N-dealkylation sites (N-methyl/N-ethyl adjacent to an activating group) is 1. The zero-order valence-corrected chi connectivity index (χ0v) is 10.8. The fraction of sp³-hybridized carbons (Fsp3) is 0.909. The van der Waals surface area contributed by atoms with Crippen LogP contribution < -0.4 is 5.32 Å². The minimum atomic E-state index is 0. The highest BCUT2D eigenvalue weighted by Crippen LogP contribution is 2.11. The number of nitrogens with zero attached hydrogens (tertiary/aromatic N) is 2. The molecule has 2 saturated heterocycles. The fourth-order valence-electron chi connectivity index (χ4n) is 2.31. The molecule has 16 heavy (non-hydrogen) atoms. The van der Waals surface area contributed by atoms with Crippen molar-refractivity contribution in [1.82, 2.24) is 15.1 Å². The topological polar surface area (TPSA) is 35.6 Å². The van der Waals surface area contributed by atoms with Crippen molar-refractivity contribution in [2.45, 2.75) is 25.3 Å². The Morgan fingerprint density at radius 1 is 1.19 bits per heavy atom. The average molecular weight is 248 g/mol. The number of piperidine rings is 1. The predicted octanol–water partition coefficient (Wildman–Crippen LogP) is 0.324. The summed E-state index contributed by atoms with van der Waals surface area (Å²) in [4.78, 5) is 16.4. The van der Waals surface area contributed by atoms with Crippen LogP contribution in [0.4, 0.5) is 0 Å². The first-order valence-corrected chi connectivity index (χ1v) is 5.98. The maximum absolute atomic E-state index is 12.1. The van der Waals surface area contributed by atoms with Gasteiger partial charge in [0.2, 0.25) is 5.91 Å². The molecule has 2 fully saturated rings. The average Bonchev–Trinajstić information content (AvgIpc) is 2.30. The second-order valence-electron chi connectivity index (χ2n) is 4.63. The summed E-state index contributed by atoms with van der Waals surface area (Å²) in [7, 11) is 2.11. The second-order valence-corrected chi connectivity index (χ2v) is 4.63. The largest absolute Gasteiger partial charge is 0.339 e. The van der Waals surface area contributed by atoms with Gasteiger partial charge in [-0.15, -0.1) is 12.4 Å². The minimum absolute atomic E-state index is 0. The van der Waals surface area contributed by atoms with Gasteiger partial charge >= 0.3 is 0 Å². The van der Waals surface area contributed by atoms with E-state index in [0.717, 1.165) is 39.1 Å². The van der Waals surface area contributed by atoms with Gasteiger partial charge in [-0.3, -0.25) is 4.79 Å². The van der Waals surface area contributed by atoms with Gasteiger partial charge in [-0.25, -0.2) is 0 Å². The summed E-state index contributed by atoms with van der Waals surface area (Å²) in [6, 6.07) is 0.0992. The van der Waals surface area contributed by atoms with Gasteiger partial charge in [-0.05, 0) is 26.4 Å². The first-order valence-electron chi connectivity index (χ1n) is 5.98. The maximum Gasteiger partial charge on any atom is 0.239 e. The van der Waals surface area contributed by atoms with Gasteiger partial charge in [0.15, 0.2) is 0 Å². The lowest BCUT2D eigenvalue weighted by Crippen LogP contribution is -2.54. The zero-order chi connectivity index (χ0) is 10.7. The van der Waals surface area contributed by atoms with E-state index < -0.39 is 0 Å². The summed E-state index contributed by atoms with van der Waals surface area (Å²) in [5.74, 6) is 0.322. The Bertz CT molecular complexity index is 223. The lowest BCUT2D eigenvalue weighted by molar-refractivity contribution is -0.135. The third-order valence-electron chi connectivity index (χ3n) is 3.42. The molecule has 1 N–H and O–H groups in total. The Hall–Kier alpha value is -0.320. The molecular weight excluding hydrogens is 226 g/mol. The molecule has 5 heteroatoms. The first-order chi connectivity index (χ1) is 7.27. The van der Waals surface area contributed by atoms with Crippen molar-refractivity contribution < 1.29 is 4.79 Å². The highest BCUT2D eigenvalue weighted by atomic mass is 35.5. The third-order valence-corrected chi connectivity index (χ3v) is 3.42. The highest BCUT2D eigenvalue weighted by molar-refractivity contribution is 5.85. The molecule has 1 unspecified atom stereocenters. The van der Waals surface area contributed by atoms with Crippen LogP contribution in [0.5, 0.6) is 0 Å². The smallest absolute Gasteiger partial charge is 0.239 e. The summed E-state index contributed by atoms with van der Waals surface area (Å²) < 4.78 is 0. The normalized spacial score (nSPS) is 27.3. The Kier molecular flexibility index (Phi) is 5.52. The van der Waals surface area contributed by atoms with Crippen LogP contribution in [0.15, 0.2) is 0 Å². The zero-order valence-electron chi connectivity index (χ0n) is 9.95. The van der Waals surface area contributed by atoms with Crippen molar-refractivity contribution in [2.24, 2.45) is 0 Å². The summed E-state index contributed by atoms with van der Waals surface area (Å²) in [6.45, 7) is 4.82. The van der Waals surface area contributed by atoms with Gasteiger partial charge in [0.05, 0.1) is 6.04 Å². The number of amides is 1. The lowest BCUT2D eigenvalue weighted by Gasteiger charge is -2.35. The molecule has 2 aliphatic rings. The van der Waals surface area contributed by atoms with Crippen molar-refractivity contribution in [3.63, 3.8) is 0 Å². The van der Waals surface area contributed by atoms with Crippen LogP contribution in [0.1, 0.15) is 19.3 Å². The quantitative estimate of drug-likeness (QED) is 0.725. The number of rotatable bonds is 1. The molecule has 2 heterocycles. The maximum atomic E-state index is 12.1. The van der Waals surface area contributed by atoms with Crippen molar-refractivity contribution >= 4 is 18.3 Å². The van der Waals surface area contributed by atoms with Crippen molar-refractivity contribution in [2.75, 3.05) is 39.8 Å². The van der Waals surface area contributed by atoms with Gasteiger partial charge in [0, 0.05) is 26.2 Å². The molecule has 0 bridgehead atoms. The fourth-order valence-corrected chi connectivity index (χ4v) is 2.31. The van der Waals surface area contributed by atoms with Crippen molar-refractivity contribution in [3.8, 4) is 0 Å². The molecule has 0 saturated carbocycles. The van der Waals surface area contributed by atoms with Crippen LogP contribution in [-0.2, 0) is 4.79 Å². The monoisotopic (exact) mass is 247 g/mol. The lowest BCUT2D eigenvalue weighted by atomic mass is 10.0. The van der Waals surface area contributed by atoms with Crippen LogP contribution in [-0.4, -0.2) is 61.5 Å². The third kappa shape index (κ3) is 3.34. The SMILES string of the molecule is CN1CCN(C(=O)C2CCCCN2)CC1.Cl. The minimum Gasteiger partial charge on any atom is -0.339 e. The van der Waals surface area contributed by atoms with E-state index in [9.17, 15) is 4.79 Å². The van der Waals surface area contributed by atoms with Crippen LogP contribution in [0.25, 0.3) is 0 Å². The molecule has 2 aliphatic heterocycles. The number of carbonyl (C=O) groups is 1. The van der Waals surface area contributed by atoms with Gasteiger partial charge in [0.25, 0.3) is 0 Å². The van der Waals surface area contributed by atoms with E-state index >= 15 is 0 Å². The van der Waals surface area contributed by atoms with E-state index in [4.69, 9.17) is 0 Å². The van der Waals surface area contributed by atoms with E-state index in [1.165, 1.54) is 12.8 Å². The molecule has 0 spiro atoms. The summed E-state index contributed by atoms with van der Waals surface area (Å²) >= 11 is 0. The number of hydrogen-bond acceptors (Lipinski definition) is 3. The first kappa shape index (κ1) is 13.7. The van der Waals surface area contributed by atoms with Crippen LogP contribution in [0.2, 0.25) is 0 Å². The Morgan fingerprint density at radius 3 is 2.44 bits per heavy atom. The van der Waals surface area contributed by atoms with Gasteiger partial charge < -0.3 is 15.1 Å². The molecule has 0 aromatic heterocycles. The van der Waals surface area contributed by atoms with Gasteiger partial charge in [0.1, 0.15) is 0 Å². The van der Waals surface area contributed by atoms with Crippen LogP contribution in [0.3, 0.4) is 0 Å². The Balaban J connectivity index is 0.00000128. The van der Waals surface area contributed by atoms with Gasteiger partial charge in [-0.2, -0.15) is 0 Å². The molecular formula is C11H22ClN3O. The molecule has 0 aromatic rings. The van der Waals surface area contributed by atoms with Gasteiger partial charge in [-0.1, -0.05) is 6.42 Å². The highest BCUT2D eigenvalue weighted by Gasteiger charge is 2.27. The molecule has 94 valence electrons.